The fraction of sp³-hybridized carbons (Fsp3) is 0.304. The van der Waals surface area contributed by atoms with Crippen molar-refractivity contribution in [2.75, 3.05) is 24.4 Å². The third kappa shape index (κ3) is 6.38. The molecule has 2 rings (SSSR count). The van der Waals surface area contributed by atoms with Gasteiger partial charge in [0.1, 0.15) is 0 Å². The van der Waals surface area contributed by atoms with Crippen LogP contribution in [0.1, 0.15) is 31.9 Å². The van der Waals surface area contributed by atoms with Gasteiger partial charge in [-0.1, -0.05) is 26.0 Å². The summed E-state index contributed by atoms with van der Waals surface area (Å²) in [7, 11) is 1.58. The van der Waals surface area contributed by atoms with E-state index in [1.54, 1.807) is 19.3 Å². The average molecular weight is 396 g/mol. The Balaban J connectivity index is 2.09. The normalized spacial score (nSPS) is 10.8. The zero-order valence-corrected chi connectivity index (χ0v) is 17.5. The van der Waals surface area contributed by atoms with Crippen molar-refractivity contribution in [3.8, 4) is 11.5 Å². The first-order valence-electron chi connectivity index (χ1n) is 9.55. The molecule has 6 heteroatoms. The van der Waals surface area contributed by atoms with Crippen LogP contribution in [-0.2, 0) is 9.59 Å². The number of ether oxygens (including phenoxy) is 2. The van der Waals surface area contributed by atoms with E-state index in [-0.39, 0.29) is 17.7 Å². The van der Waals surface area contributed by atoms with Gasteiger partial charge in [-0.15, -0.1) is 0 Å². The molecule has 29 heavy (non-hydrogen) atoms. The van der Waals surface area contributed by atoms with E-state index in [2.05, 4.69) is 10.6 Å². The van der Waals surface area contributed by atoms with Crippen molar-refractivity contribution in [2.24, 2.45) is 5.92 Å². The summed E-state index contributed by atoms with van der Waals surface area (Å²) >= 11 is 0. The van der Waals surface area contributed by atoms with Crippen molar-refractivity contribution >= 4 is 29.3 Å². The zero-order chi connectivity index (χ0) is 21.4. The van der Waals surface area contributed by atoms with Crippen LogP contribution < -0.4 is 20.1 Å². The highest BCUT2D eigenvalue weighted by Gasteiger charge is 2.09. The lowest BCUT2D eigenvalue weighted by molar-refractivity contribution is -0.119. The first-order valence-corrected chi connectivity index (χ1v) is 9.55. The first-order chi connectivity index (χ1) is 13.8. The summed E-state index contributed by atoms with van der Waals surface area (Å²) in [6.45, 7) is 8.00. The van der Waals surface area contributed by atoms with Gasteiger partial charge in [0.15, 0.2) is 11.5 Å². The van der Waals surface area contributed by atoms with E-state index < -0.39 is 0 Å². The van der Waals surface area contributed by atoms with Crippen molar-refractivity contribution in [3.05, 3.63) is 53.6 Å². The second-order valence-electron chi connectivity index (χ2n) is 6.84. The number of methoxy groups -OCH3 is 1. The fourth-order valence-electron chi connectivity index (χ4n) is 2.53. The van der Waals surface area contributed by atoms with Crippen LogP contribution in [0.5, 0.6) is 11.5 Å². The molecule has 0 bridgehead atoms. The highest BCUT2D eigenvalue weighted by Crippen LogP contribution is 2.28. The van der Waals surface area contributed by atoms with E-state index in [4.69, 9.17) is 9.47 Å². The van der Waals surface area contributed by atoms with Gasteiger partial charge >= 0.3 is 0 Å². The molecule has 2 aromatic carbocycles. The number of nitrogens with one attached hydrogen (secondary N) is 2. The van der Waals surface area contributed by atoms with E-state index in [0.717, 1.165) is 11.1 Å². The largest absolute Gasteiger partial charge is 0.493 e. The van der Waals surface area contributed by atoms with Gasteiger partial charge in [-0.25, -0.2) is 0 Å². The Morgan fingerprint density at radius 3 is 2.48 bits per heavy atom. The molecular formula is C23H28N2O4. The van der Waals surface area contributed by atoms with Crippen LogP contribution in [0.4, 0.5) is 11.4 Å². The van der Waals surface area contributed by atoms with Gasteiger partial charge in [0.2, 0.25) is 11.8 Å². The second-order valence-corrected chi connectivity index (χ2v) is 6.84. The number of benzene rings is 2. The van der Waals surface area contributed by atoms with Crippen molar-refractivity contribution < 1.29 is 19.1 Å². The van der Waals surface area contributed by atoms with Gasteiger partial charge in [0, 0.05) is 23.4 Å². The summed E-state index contributed by atoms with van der Waals surface area (Å²) in [5.74, 6) is 0.804. The van der Waals surface area contributed by atoms with Crippen LogP contribution in [0.15, 0.2) is 42.5 Å². The lowest BCUT2D eigenvalue weighted by Gasteiger charge is -2.12. The van der Waals surface area contributed by atoms with E-state index in [9.17, 15) is 9.59 Å². The average Bonchev–Trinajstić information content (AvgIpc) is 2.69. The molecule has 0 unspecified atom stereocenters. The van der Waals surface area contributed by atoms with Gasteiger partial charge < -0.3 is 20.1 Å². The van der Waals surface area contributed by atoms with Crippen LogP contribution in [0.25, 0.3) is 6.08 Å². The number of hydrogen-bond acceptors (Lipinski definition) is 4. The Morgan fingerprint density at radius 2 is 1.83 bits per heavy atom. The molecule has 0 aliphatic carbocycles. The molecule has 0 spiro atoms. The summed E-state index contributed by atoms with van der Waals surface area (Å²) in [6, 6.07) is 10.9. The molecule has 154 valence electrons. The van der Waals surface area contributed by atoms with E-state index in [1.807, 2.05) is 58.0 Å². The summed E-state index contributed by atoms with van der Waals surface area (Å²) < 4.78 is 10.8. The molecule has 0 aliphatic heterocycles. The minimum absolute atomic E-state index is 0.0736. The van der Waals surface area contributed by atoms with E-state index >= 15 is 0 Å². The molecule has 0 aliphatic rings. The molecule has 2 aromatic rings. The Labute approximate surface area is 171 Å². The van der Waals surface area contributed by atoms with Gasteiger partial charge in [0.05, 0.1) is 13.7 Å². The maximum atomic E-state index is 12.4. The fourth-order valence-corrected chi connectivity index (χ4v) is 2.53. The maximum absolute atomic E-state index is 12.4. The SMILES string of the molecule is CCOc1ccc(/C=C/C(=O)Nc2cc(NC(=O)C(C)C)ccc2C)cc1OC. The highest BCUT2D eigenvalue weighted by molar-refractivity contribution is 6.03. The van der Waals surface area contributed by atoms with Gasteiger partial charge in [0.25, 0.3) is 0 Å². The smallest absolute Gasteiger partial charge is 0.248 e. The molecule has 0 fully saturated rings. The zero-order valence-electron chi connectivity index (χ0n) is 17.5. The third-order valence-electron chi connectivity index (χ3n) is 4.20. The molecular weight excluding hydrogens is 368 g/mol. The summed E-state index contributed by atoms with van der Waals surface area (Å²) in [4.78, 5) is 24.2. The Bertz CT molecular complexity index is 904. The Morgan fingerprint density at radius 1 is 1.07 bits per heavy atom. The van der Waals surface area contributed by atoms with Crippen LogP contribution in [0.3, 0.4) is 0 Å². The number of aryl methyl sites for hydroxylation is 1. The molecule has 2 N–H and O–H groups in total. The number of amides is 2. The summed E-state index contributed by atoms with van der Waals surface area (Å²) in [5, 5.41) is 5.68. The van der Waals surface area contributed by atoms with Gasteiger partial charge in [-0.05, 0) is 55.3 Å². The van der Waals surface area contributed by atoms with Crippen LogP contribution >= 0.6 is 0 Å². The third-order valence-corrected chi connectivity index (χ3v) is 4.20. The predicted octanol–water partition coefficient (Wildman–Crippen LogP) is 4.65. The highest BCUT2D eigenvalue weighted by atomic mass is 16.5. The van der Waals surface area contributed by atoms with Crippen molar-refractivity contribution in [3.63, 3.8) is 0 Å². The molecule has 0 saturated heterocycles. The Kier molecular flexibility index (Phi) is 7.83. The topological polar surface area (TPSA) is 76.7 Å². The molecule has 6 nitrogen and oxygen atoms in total. The van der Waals surface area contributed by atoms with Crippen LogP contribution in [0, 0.1) is 12.8 Å². The number of hydrogen-bond donors (Lipinski definition) is 2. The molecule has 0 radical (unpaired) electrons. The number of anilines is 2. The van der Waals surface area contributed by atoms with Gasteiger partial charge in [-0.2, -0.15) is 0 Å². The molecule has 0 heterocycles. The summed E-state index contributed by atoms with van der Waals surface area (Å²) in [5.41, 5.74) is 3.00. The summed E-state index contributed by atoms with van der Waals surface area (Å²) in [6.07, 6.45) is 3.15. The molecule has 2 amide bonds. The van der Waals surface area contributed by atoms with Crippen LogP contribution in [0.2, 0.25) is 0 Å². The molecule has 0 saturated carbocycles. The first kappa shape index (κ1) is 22.0. The van der Waals surface area contributed by atoms with Crippen LogP contribution in [-0.4, -0.2) is 25.5 Å². The monoisotopic (exact) mass is 396 g/mol. The van der Waals surface area contributed by atoms with E-state index in [0.29, 0.717) is 29.5 Å². The van der Waals surface area contributed by atoms with Gasteiger partial charge in [-0.3, -0.25) is 9.59 Å². The number of carbonyl (C=O) groups is 2. The van der Waals surface area contributed by atoms with Crippen molar-refractivity contribution in [1.29, 1.82) is 0 Å². The quantitative estimate of drug-likeness (QED) is 0.637. The molecule has 0 aromatic heterocycles. The lowest BCUT2D eigenvalue weighted by Crippen LogP contribution is -2.18. The lowest BCUT2D eigenvalue weighted by atomic mass is 10.1. The van der Waals surface area contributed by atoms with E-state index in [1.165, 1.54) is 6.08 Å². The standard InChI is InChI=1S/C23H28N2O4/c1-6-29-20-11-8-17(13-21(20)28-5)9-12-22(26)25-19-14-18(10-7-16(19)4)24-23(27)15(2)3/h7-15H,6H2,1-5H3,(H,24,27)(H,25,26)/b12-9+. The number of carbonyl (C=O) groups excluding carboxylic acids is 2. The maximum Gasteiger partial charge on any atom is 0.248 e. The second kappa shape index (κ2) is 10.3. The minimum atomic E-state index is -0.270. The minimum Gasteiger partial charge on any atom is -0.493 e. The predicted molar refractivity (Wildman–Crippen MR) is 116 cm³/mol. The molecule has 0 atom stereocenters. The number of rotatable bonds is 8. The van der Waals surface area contributed by atoms with Crippen molar-refractivity contribution in [2.45, 2.75) is 27.7 Å². The van der Waals surface area contributed by atoms with Crippen molar-refractivity contribution in [1.82, 2.24) is 0 Å². The Hall–Kier alpha value is -3.28.